The van der Waals surface area contributed by atoms with E-state index < -0.39 is 6.49 Å². The van der Waals surface area contributed by atoms with Gasteiger partial charge in [-0.3, -0.25) is 0 Å². The van der Waals surface area contributed by atoms with Crippen LogP contribution in [0.2, 0.25) is 0 Å². The maximum absolute atomic E-state index is 8.68. The van der Waals surface area contributed by atoms with Crippen molar-refractivity contribution in [1.29, 1.82) is 0 Å². The van der Waals surface area contributed by atoms with Crippen LogP contribution in [0.15, 0.2) is 0 Å². The molecule has 56 valence electrons. The molecule has 0 heterocycles. The fourth-order valence-corrected chi connectivity index (χ4v) is 1.48. The van der Waals surface area contributed by atoms with Gasteiger partial charge < -0.3 is 15.5 Å². The minimum absolute atomic E-state index is 0.333. The minimum atomic E-state index is -2.92. The van der Waals surface area contributed by atoms with Crippen molar-refractivity contribution in [2.24, 2.45) is 5.73 Å². The SMILES string of the molecule is NCCCCP(O)(O)=S. The first kappa shape index (κ1) is 9.53. The standard InChI is InChI=1S/C4H12NO2PS/c5-3-1-2-4-8(6,7)9/h1-5H2,(H2,6,7,9). The van der Waals surface area contributed by atoms with E-state index in [0.29, 0.717) is 12.7 Å². The van der Waals surface area contributed by atoms with Crippen molar-refractivity contribution < 1.29 is 9.79 Å². The van der Waals surface area contributed by atoms with Crippen molar-refractivity contribution >= 4 is 18.3 Å². The molecule has 0 spiro atoms. The lowest BCUT2D eigenvalue weighted by Crippen LogP contribution is -1.99. The molecule has 0 saturated carbocycles. The summed E-state index contributed by atoms with van der Waals surface area (Å²) < 4.78 is 0. The number of hydrogen-bond acceptors (Lipinski definition) is 2. The van der Waals surface area contributed by atoms with Gasteiger partial charge in [-0.1, -0.05) is 0 Å². The summed E-state index contributed by atoms with van der Waals surface area (Å²) >= 11 is 4.38. The van der Waals surface area contributed by atoms with Crippen LogP contribution in [0.5, 0.6) is 0 Å². The van der Waals surface area contributed by atoms with Crippen LogP contribution in [0.3, 0.4) is 0 Å². The van der Waals surface area contributed by atoms with Gasteiger partial charge >= 0.3 is 0 Å². The number of rotatable bonds is 4. The van der Waals surface area contributed by atoms with E-state index in [-0.39, 0.29) is 0 Å². The van der Waals surface area contributed by atoms with Crippen molar-refractivity contribution in [2.45, 2.75) is 12.8 Å². The Balaban J connectivity index is 3.18. The molecule has 0 aromatic carbocycles. The van der Waals surface area contributed by atoms with Gasteiger partial charge in [-0.05, 0) is 31.2 Å². The van der Waals surface area contributed by atoms with Crippen LogP contribution in [0.25, 0.3) is 0 Å². The molecule has 0 fully saturated rings. The summed E-state index contributed by atoms with van der Waals surface area (Å²) in [7, 11) is 0. The van der Waals surface area contributed by atoms with Crippen LogP contribution < -0.4 is 5.73 Å². The van der Waals surface area contributed by atoms with Crippen LogP contribution in [-0.4, -0.2) is 22.5 Å². The van der Waals surface area contributed by atoms with Gasteiger partial charge in [0, 0.05) is 6.16 Å². The summed E-state index contributed by atoms with van der Waals surface area (Å²) in [6, 6.07) is 0. The molecule has 0 aliphatic rings. The lowest BCUT2D eigenvalue weighted by Gasteiger charge is -2.04. The molecule has 0 aliphatic carbocycles. The van der Waals surface area contributed by atoms with E-state index in [2.05, 4.69) is 11.8 Å². The molecule has 0 atom stereocenters. The average molecular weight is 169 g/mol. The van der Waals surface area contributed by atoms with Crippen molar-refractivity contribution in [3.63, 3.8) is 0 Å². The summed E-state index contributed by atoms with van der Waals surface area (Å²) in [6.45, 7) is -2.33. The molecule has 0 bridgehead atoms. The van der Waals surface area contributed by atoms with Crippen molar-refractivity contribution in [2.75, 3.05) is 12.7 Å². The highest BCUT2D eigenvalue weighted by atomic mass is 32.5. The first-order valence-corrected chi connectivity index (χ1v) is 5.70. The maximum atomic E-state index is 8.68. The zero-order valence-corrected chi connectivity index (χ0v) is 6.87. The second-order valence-corrected chi connectivity index (χ2v) is 5.42. The van der Waals surface area contributed by atoms with Crippen molar-refractivity contribution in [3.05, 3.63) is 0 Å². The first-order valence-electron chi connectivity index (χ1n) is 2.81. The third-order valence-electron chi connectivity index (χ3n) is 0.904. The van der Waals surface area contributed by atoms with Gasteiger partial charge in [0.1, 0.15) is 0 Å². The topological polar surface area (TPSA) is 66.5 Å². The van der Waals surface area contributed by atoms with Gasteiger partial charge in [0.25, 0.3) is 0 Å². The molecule has 0 unspecified atom stereocenters. The number of hydrogen-bond donors (Lipinski definition) is 3. The van der Waals surface area contributed by atoms with Gasteiger partial charge in [0.15, 0.2) is 6.49 Å². The van der Waals surface area contributed by atoms with Gasteiger partial charge in [-0.25, -0.2) is 0 Å². The highest BCUT2D eigenvalue weighted by Crippen LogP contribution is 2.35. The third-order valence-corrected chi connectivity index (χ3v) is 2.35. The second-order valence-electron chi connectivity index (χ2n) is 1.88. The predicted octanol–water partition coefficient (Wildman–Crippen LogP) is 0.0194. The van der Waals surface area contributed by atoms with Crippen molar-refractivity contribution in [1.82, 2.24) is 0 Å². The highest BCUT2D eigenvalue weighted by Gasteiger charge is 2.04. The molecular weight excluding hydrogens is 157 g/mol. The molecular formula is C4H12NO2PS. The highest BCUT2D eigenvalue weighted by molar-refractivity contribution is 8.09. The van der Waals surface area contributed by atoms with Gasteiger partial charge in [0.2, 0.25) is 0 Å². The fraction of sp³-hybridized carbons (Fsp3) is 1.00. The Morgan fingerprint density at radius 1 is 1.33 bits per heavy atom. The van der Waals surface area contributed by atoms with Crippen LogP contribution in [0.4, 0.5) is 0 Å². The predicted molar refractivity (Wildman–Crippen MR) is 41.9 cm³/mol. The minimum Gasteiger partial charge on any atom is -0.345 e. The Bertz CT molecular complexity index is 113. The Hall–Kier alpha value is 0.530. The van der Waals surface area contributed by atoms with Gasteiger partial charge in [0.05, 0.1) is 0 Å². The van der Waals surface area contributed by atoms with Crippen LogP contribution >= 0.6 is 6.49 Å². The Kier molecular flexibility index (Phi) is 4.62. The quantitative estimate of drug-likeness (QED) is 0.410. The molecule has 0 aliphatic heterocycles. The maximum Gasteiger partial charge on any atom is 0.183 e. The van der Waals surface area contributed by atoms with E-state index in [1.807, 2.05) is 0 Å². The van der Waals surface area contributed by atoms with E-state index in [1.54, 1.807) is 0 Å². The summed E-state index contributed by atoms with van der Waals surface area (Å²) in [4.78, 5) is 17.4. The fourth-order valence-electron chi connectivity index (χ4n) is 0.462. The Labute approximate surface area is 60.1 Å². The van der Waals surface area contributed by atoms with E-state index in [4.69, 9.17) is 15.5 Å². The van der Waals surface area contributed by atoms with Gasteiger partial charge in [-0.2, -0.15) is 0 Å². The molecule has 9 heavy (non-hydrogen) atoms. The molecule has 5 heteroatoms. The second kappa shape index (κ2) is 4.36. The molecule has 0 rings (SSSR count). The number of unbranched alkanes of at least 4 members (excludes halogenated alkanes) is 1. The normalized spacial score (nSPS) is 11.9. The lowest BCUT2D eigenvalue weighted by molar-refractivity contribution is 0.475. The largest absolute Gasteiger partial charge is 0.345 e. The average Bonchev–Trinajstić information content (AvgIpc) is 1.63. The molecule has 0 aromatic heterocycles. The Morgan fingerprint density at radius 3 is 2.22 bits per heavy atom. The molecule has 0 radical (unpaired) electrons. The van der Waals surface area contributed by atoms with E-state index >= 15 is 0 Å². The third kappa shape index (κ3) is 8.53. The first-order chi connectivity index (χ1) is 4.06. The van der Waals surface area contributed by atoms with Gasteiger partial charge in [-0.15, -0.1) is 0 Å². The monoisotopic (exact) mass is 169 g/mol. The zero-order chi connectivity index (χ0) is 7.33. The smallest absolute Gasteiger partial charge is 0.183 e. The summed E-state index contributed by atoms with van der Waals surface area (Å²) in [5, 5.41) is 0. The lowest BCUT2D eigenvalue weighted by atomic mass is 10.3. The van der Waals surface area contributed by atoms with E-state index in [1.165, 1.54) is 0 Å². The summed E-state index contributed by atoms with van der Waals surface area (Å²) in [5.74, 6) is 0. The van der Waals surface area contributed by atoms with Crippen LogP contribution in [0.1, 0.15) is 12.8 Å². The zero-order valence-electron chi connectivity index (χ0n) is 5.16. The van der Waals surface area contributed by atoms with Crippen molar-refractivity contribution in [3.8, 4) is 0 Å². The molecule has 0 amide bonds. The molecule has 3 nitrogen and oxygen atoms in total. The summed E-state index contributed by atoms with van der Waals surface area (Å²) in [5.41, 5.74) is 5.17. The molecule has 0 aromatic rings. The molecule has 0 saturated heterocycles. The van der Waals surface area contributed by atoms with E-state index in [9.17, 15) is 0 Å². The molecule has 4 N–H and O–H groups in total. The van der Waals surface area contributed by atoms with Crippen LogP contribution in [-0.2, 0) is 11.8 Å². The van der Waals surface area contributed by atoms with E-state index in [0.717, 1.165) is 12.8 Å². The van der Waals surface area contributed by atoms with Crippen LogP contribution in [0, 0.1) is 0 Å². The summed E-state index contributed by atoms with van der Waals surface area (Å²) in [6.07, 6.45) is 1.87. The Morgan fingerprint density at radius 2 is 1.89 bits per heavy atom. The number of nitrogens with two attached hydrogens (primary N) is 1.